The molecule has 4 aromatic rings. The summed E-state index contributed by atoms with van der Waals surface area (Å²) in [7, 11) is 3.13. The highest BCUT2D eigenvalue weighted by molar-refractivity contribution is 6.30. The fourth-order valence-corrected chi connectivity index (χ4v) is 3.82. The van der Waals surface area contributed by atoms with E-state index in [0.29, 0.717) is 39.4 Å². The fourth-order valence-electron chi connectivity index (χ4n) is 3.70. The van der Waals surface area contributed by atoms with Crippen molar-refractivity contribution in [3.63, 3.8) is 0 Å². The lowest BCUT2D eigenvalue weighted by Gasteiger charge is -2.28. The zero-order valence-electron chi connectivity index (χ0n) is 16.5. The molecule has 2 aromatic carbocycles. The largest absolute Gasteiger partial charge is 0.493 e. The van der Waals surface area contributed by atoms with E-state index in [-0.39, 0.29) is 5.56 Å². The summed E-state index contributed by atoms with van der Waals surface area (Å²) in [6.07, 6.45) is 0. The maximum absolute atomic E-state index is 12.7. The molecule has 0 unspecified atom stereocenters. The minimum absolute atomic E-state index is 0.321. The summed E-state index contributed by atoms with van der Waals surface area (Å²) in [4.78, 5) is 12.7. The second kappa shape index (κ2) is 7.40. The van der Waals surface area contributed by atoms with Crippen LogP contribution in [0.25, 0.3) is 11.3 Å². The van der Waals surface area contributed by atoms with E-state index in [1.807, 2.05) is 24.3 Å². The van der Waals surface area contributed by atoms with E-state index in [4.69, 9.17) is 21.1 Å². The molecule has 0 radical (unpaired) electrons. The molecule has 2 N–H and O–H groups in total. The third-order valence-electron chi connectivity index (χ3n) is 5.11. The molecule has 156 valence electrons. The van der Waals surface area contributed by atoms with Gasteiger partial charge in [0.05, 0.1) is 19.9 Å². The Kier molecular flexibility index (Phi) is 4.55. The van der Waals surface area contributed by atoms with Gasteiger partial charge in [-0.15, -0.1) is 0 Å². The number of H-pyrrole nitrogens is 1. The third-order valence-corrected chi connectivity index (χ3v) is 5.36. The molecule has 1 aliphatic rings. The standard InChI is InChI=1S/C20H16ClN7O3/c1-30-13-8-5-11(9-14(13)31-2)18-15-16(10-3-6-12(21)7-4-10)23-24-19(29)17(15)22-20-25-26-27-28(18)20/h3-9,18H,1-2H3,(H,24,29)(H,22,25,27)/t18-/m1/s1. The van der Waals surface area contributed by atoms with Crippen LogP contribution in [0.1, 0.15) is 17.2 Å². The Morgan fingerprint density at radius 2 is 1.84 bits per heavy atom. The predicted octanol–water partition coefficient (Wildman–Crippen LogP) is 2.79. The predicted molar refractivity (Wildman–Crippen MR) is 113 cm³/mol. The molecule has 2 aromatic heterocycles. The zero-order chi connectivity index (χ0) is 21.5. The number of fused-ring (bicyclic) bond motifs is 2. The van der Waals surface area contributed by atoms with Crippen molar-refractivity contribution in [2.45, 2.75) is 6.04 Å². The van der Waals surface area contributed by atoms with E-state index < -0.39 is 6.04 Å². The van der Waals surface area contributed by atoms with Gasteiger partial charge in [0.25, 0.3) is 5.56 Å². The number of halogens is 1. The second-order valence-electron chi connectivity index (χ2n) is 6.79. The Hall–Kier alpha value is -3.92. The van der Waals surface area contributed by atoms with Crippen LogP contribution in [-0.4, -0.2) is 44.6 Å². The maximum atomic E-state index is 12.7. The van der Waals surface area contributed by atoms with Crippen molar-refractivity contribution in [3.8, 4) is 22.8 Å². The SMILES string of the molecule is COc1ccc([C@@H]2c3c(-c4ccc(Cl)cc4)n[nH]c(=O)c3Nc3nnnn32)cc1OC. The maximum Gasteiger partial charge on any atom is 0.288 e. The monoisotopic (exact) mass is 437 g/mol. The number of hydrogen-bond acceptors (Lipinski definition) is 8. The van der Waals surface area contributed by atoms with Gasteiger partial charge in [0.2, 0.25) is 5.95 Å². The number of nitrogens with zero attached hydrogens (tertiary/aromatic N) is 5. The van der Waals surface area contributed by atoms with Crippen LogP contribution in [0.4, 0.5) is 11.6 Å². The first-order valence-corrected chi connectivity index (χ1v) is 9.64. The quantitative estimate of drug-likeness (QED) is 0.440. The van der Waals surface area contributed by atoms with Gasteiger partial charge in [-0.2, -0.15) is 9.78 Å². The first-order chi connectivity index (χ1) is 15.1. The van der Waals surface area contributed by atoms with Crippen LogP contribution < -0.4 is 20.3 Å². The fraction of sp³-hybridized carbons (Fsp3) is 0.150. The van der Waals surface area contributed by atoms with Crippen LogP contribution in [0.3, 0.4) is 0 Å². The number of rotatable bonds is 4. The van der Waals surface area contributed by atoms with Gasteiger partial charge in [0.1, 0.15) is 11.7 Å². The number of anilines is 2. The Morgan fingerprint density at radius 3 is 2.58 bits per heavy atom. The van der Waals surface area contributed by atoms with Crippen LogP contribution in [0.15, 0.2) is 47.3 Å². The first-order valence-electron chi connectivity index (χ1n) is 9.26. The van der Waals surface area contributed by atoms with Crippen molar-refractivity contribution >= 4 is 23.2 Å². The van der Waals surface area contributed by atoms with Gasteiger partial charge < -0.3 is 14.8 Å². The molecule has 11 heteroatoms. The molecule has 3 heterocycles. The molecule has 1 atom stereocenters. The molecule has 5 rings (SSSR count). The number of aromatic amines is 1. The molecule has 0 aliphatic carbocycles. The summed E-state index contributed by atoms with van der Waals surface area (Å²) in [5.41, 5.74) is 2.70. The second-order valence-corrected chi connectivity index (χ2v) is 7.22. The van der Waals surface area contributed by atoms with Gasteiger partial charge in [-0.05, 0) is 40.3 Å². The highest BCUT2D eigenvalue weighted by atomic mass is 35.5. The summed E-state index contributed by atoms with van der Waals surface area (Å²) in [6, 6.07) is 12.2. The Balaban J connectivity index is 1.79. The van der Waals surface area contributed by atoms with Gasteiger partial charge in [0.15, 0.2) is 11.5 Å². The summed E-state index contributed by atoms with van der Waals surface area (Å²) in [5.74, 6) is 1.46. The van der Waals surface area contributed by atoms with Gasteiger partial charge in [0, 0.05) is 16.1 Å². The highest BCUT2D eigenvalue weighted by Gasteiger charge is 2.34. The molecule has 0 amide bonds. The normalized spacial score (nSPS) is 14.4. The molecule has 0 saturated heterocycles. The average molecular weight is 438 g/mol. The highest BCUT2D eigenvalue weighted by Crippen LogP contribution is 2.42. The summed E-state index contributed by atoms with van der Waals surface area (Å²) in [6.45, 7) is 0. The van der Waals surface area contributed by atoms with Crippen LogP contribution in [-0.2, 0) is 0 Å². The van der Waals surface area contributed by atoms with E-state index in [2.05, 4.69) is 31.0 Å². The van der Waals surface area contributed by atoms with Crippen LogP contribution in [0.2, 0.25) is 5.02 Å². The minimum Gasteiger partial charge on any atom is -0.493 e. The van der Waals surface area contributed by atoms with Crippen molar-refractivity contribution in [1.82, 2.24) is 30.4 Å². The third kappa shape index (κ3) is 3.08. The molecular weight excluding hydrogens is 422 g/mol. The van der Waals surface area contributed by atoms with Crippen molar-refractivity contribution in [1.29, 1.82) is 0 Å². The first kappa shape index (κ1) is 19.1. The number of aromatic nitrogens is 6. The Bertz CT molecular complexity index is 1330. The van der Waals surface area contributed by atoms with E-state index >= 15 is 0 Å². The Morgan fingerprint density at radius 1 is 1.06 bits per heavy atom. The van der Waals surface area contributed by atoms with E-state index in [1.165, 1.54) is 0 Å². The number of ether oxygens (including phenoxy) is 2. The van der Waals surface area contributed by atoms with Crippen LogP contribution >= 0.6 is 11.6 Å². The smallest absolute Gasteiger partial charge is 0.288 e. The molecule has 31 heavy (non-hydrogen) atoms. The number of tetrazole rings is 1. The minimum atomic E-state index is -0.540. The van der Waals surface area contributed by atoms with Gasteiger partial charge >= 0.3 is 0 Å². The van der Waals surface area contributed by atoms with Crippen molar-refractivity contribution in [2.75, 3.05) is 19.5 Å². The number of methoxy groups -OCH3 is 2. The molecule has 0 fully saturated rings. The number of benzene rings is 2. The van der Waals surface area contributed by atoms with Gasteiger partial charge in [-0.25, -0.2) is 5.10 Å². The van der Waals surface area contributed by atoms with Crippen molar-refractivity contribution in [2.24, 2.45) is 0 Å². The molecule has 0 spiro atoms. The van der Waals surface area contributed by atoms with E-state index in [9.17, 15) is 4.79 Å². The van der Waals surface area contributed by atoms with Gasteiger partial charge in [-0.3, -0.25) is 4.79 Å². The lowest BCUT2D eigenvalue weighted by molar-refractivity contribution is 0.354. The Labute approximate surface area is 180 Å². The number of nitrogens with one attached hydrogen (secondary N) is 2. The van der Waals surface area contributed by atoms with Crippen LogP contribution in [0, 0.1) is 0 Å². The van der Waals surface area contributed by atoms with Crippen LogP contribution in [0.5, 0.6) is 11.5 Å². The molecule has 0 saturated carbocycles. The van der Waals surface area contributed by atoms with E-state index in [1.54, 1.807) is 37.1 Å². The summed E-state index contributed by atoms with van der Waals surface area (Å²) in [5, 5.41) is 22.4. The zero-order valence-corrected chi connectivity index (χ0v) is 17.2. The molecular formula is C20H16ClN7O3. The topological polar surface area (TPSA) is 120 Å². The van der Waals surface area contributed by atoms with Gasteiger partial charge in [-0.1, -0.05) is 34.9 Å². The lowest BCUT2D eigenvalue weighted by atomic mass is 9.92. The molecule has 1 aliphatic heterocycles. The summed E-state index contributed by atoms with van der Waals surface area (Å²) < 4.78 is 12.4. The van der Waals surface area contributed by atoms with E-state index in [0.717, 1.165) is 11.1 Å². The van der Waals surface area contributed by atoms with Crippen molar-refractivity contribution in [3.05, 3.63) is 69.0 Å². The summed E-state index contributed by atoms with van der Waals surface area (Å²) >= 11 is 6.06. The molecule has 10 nitrogen and oxygen atoms in total. The lowest BCUT2D eigenvalue weighted by Crippen LogP contribution is -2.29. The van der Waals surface area contributed by atoms with Crippen molar-refractivity contribution < 1.29 is 9.47 Å². The molecule has 0 bridgehead atoms. The average Bonchev–Trinajstić information content (AvgIpc) is 3.27. The number of hydrogen-bond donors (Lipinski definition) is 2.